The summed E-state index contributed by atoms with van der Waals surface area (Å²) < 4.78 is 5.49. The molecule has 0 aliphatic carbocycles. The maximum atomic E-state index is 5.49. The van der Waals surface area contributed by atoms with Crippen LogP contribution in [0.4, 0.5) is 0 Å². The Morgan fingerprint density at radius 2 is 1.95 bits per heavy atom. The minimum Gasteiger partial charge on any atom is -0.494 e. The summed E-state index contributed by atoms with van der Waals surface area (Å²) >= 11 is 1.94. The van der Waals surface area contributed by atoms with Crippen molar-refractivity contribution in [3.63, 3.8) is 0 Å². The van der Waals surface area contributed by atoms with E-state index in [4.69, 9.17) is 4.74 Å². The first-order valence-electron chi connectivity index (χ1n) is 6.92. The molecular weight excluding hydrogens is 254 g/mol. The summed E-state index contributed by atoms with van der Waals surface area (Å²) in [6, 6.07) is 10.8. The van der Waals surface area contributed by atoms with Crippen molar-refractivity contribution in [3.05, 3.63) is 40.8 Å². The second-order valence-corrected chi connectivity index (χ2v) is 5.90. The fourth-order valence-electron chi connectivity index (χ4n) is 2.46. The molecule has 3 heteroatoms. The SMILES string of the molecule is CCOc1ccc(-c2cc3c(s2)CCNCC3)cc1. The number of hydrogen-bond acceptors (Lipinski definition) is 3. The van der Waals surface area contributed by atoms with Gasteiger partial charge in [-0.15, -0.1) is 11.3 Å². The van der Waals surface area contributed by atoms with Gasteiger partial charge in [0.2, 0.25) is 0 Å². The summed E-state index contributed by atoms with van der Waals surface area (Å²) in [5.41, 5.74) is 2.83. The number of rotatable bonds is 3. The number of nitrogens with one attached hydrogen (secondary N) is 1. The fraction of sp³-hybridized carbons (Fsp3) is 0.375. The van der Waals surface area contributed by atoms with Gasteiger partial charge in [-0.3, -0.25) is 0 Å². The maximum Gasteiger partial charge on any atom is 0.119 e. The Labute approximate surface area is 118 Å². The first-order chi connectivity index (χ1) is 9.36. The molecule has 3 rings (SSSR count). The van der Waals surface area contributed by atoms with Crippen LogP contribution in [0.25, 0.3) is 10.4 Å². The van der Waals surface area contributed by atoms with Gasteiger partial charge in [-0.1, -0.05) is 0 Å². The van der Waals surface area contributed by atoms with Crippen LogP contribution in [0.2, 0.25) is 0 Å². The van der Waals surface area contributed by atoms with Crippen LogP contribution in [0.3, 0.4) is 0 Å². The van der Waals surface area contributed by atoms with E-state index in [1.165, 1.54) is 16.0 Å². The zero-order valence-electron chi connectivity index (χ0n) is 11.2. The van der Waals surface area contributed by atoms with E-state index in [0.717, 1.165) is 38.3 Å². The highest BCUT2D eigenvalue weighted by molar-refractivity contribution is 7.15. The van der Waals surface area contributed by atoms with Crippen LogP contribution >= 0.6 is 11.3 Å². The molecule has 1 aromatic carbocycles. The molecule has 1 aliphatic rings. The molecule has 100 valence electrons. The van der Waals surface area contributed by atoms with Crippen LogP contribution in [0, 0.1) is 0 Å². The summed E-state index contributed by atoms with van der Waals surface area (Å²) in [6.07, 6.45) is 2.32. The van der Waals surface area contributed by atoms with Crippen molar-refractivity contribution in [3.8, 4) is 16.2 Å². The van der Waals surface area contributed by atoms with Gasteiger partial charge >= 0.3 is 0 Å². The number of fused-ring (bicyclic) bond motifs is 1. The summed E-state index contributed by atoms with van der Waals surface area (Å²) in [4.78, 5) is 2.93. The first-order valence-corrected chi connectivity index (χ1v) is 7.74. The van der Waals surface area contributed by atoms with E-state index in [0.29, 0.717) is 0 Å². The molecule has 2 aromatic rings. The molecule has 2 heterocycles. The number of benzene rings is 1. The van der Waals surface area contributed by atoms with Crippen LogP contribution in [0.5, 0.6) is 5.75 Å². The predicted molar refractivity (Wildman–Crippen MR) is 81.2 cm³/mol. The number of thiophene rings is 1. The highest BCUT2D eigenvalue weighted by Gasteiger charge is 2.12. The fourth-order valence-corrected chi connectivity index (χ4v) is 3.68. The molecule has 19 heavy (non-hydrogen) atoms. The lowest BCUT2D eigenvalue weighted by molar-refractivity contribution is 0.340. The monoisotopic (exact) mass is 273 g/mol. The van der Waals surface area contributed by atoms with Crippen LogP contribution in [-0.4, -0.2) is 19.7 Å². The van der Waals surface area contributed by atoms with Gasteiger partial charge in [0.05, 0.1) is 6.61 Å². The van der Waals surface area contributed by atoms with Crippen LogP contribution in [0.1, 0.15) is 17.4 Å². The van der Waals surface area contributed by atoms with E-state index in [1.54, 1.807) is 4.88 Å². The van der Waals surface area contributed by atoms with E-state index in [9.17, 15) is 0 Å². The van der Waals surface area contributed by atoms with Crippen molar-refractivity contribution < 1.29 is 4.74 Å². The lowest BCUT2D eigenvalue weighted by atomic mass is 10.1. The molecule has 0 spiro atoms. The molecule has 2 nitrogen and oxygen atoms in total. The van der Waals surface area contributed by atoms with Gasteiger partial charge in [0.25, 0.3) is 0 Å². The minimum absolute atomic E-state index is 0.722. The normalized spacial score (nSPS) is 14.8. The summed E-state index contributed by atoms with van der Waals surface area (Å²) in [6.45, 7) is 4.95. The Kier molecular flexibility index (Phi) is 3.85. The maximum absolute atomic E-state index is 5.49. The molecule has 1 N–H and O–H groups in total. The van der Waals surface area contributed by atoms with Gasteiger partial charge in [0, 0.05) is 9.75 Å². The van der Waals surface area contributed by atoms with E-state index < -0.39 is 0 Å². The van der Waals surface area contributed by atoms with Gasteiger partial charge in [-0.05, 0) is 74.3 Å². The Hall–Kier alpha value is -1.32. The smallest absolute Gasteiger partial charge is 0.119 e. The van der Waals surface area contributed by atoms with Gasteiger partial charge in [-0.25, -0.2) is 0 Å². The Morgan fingerprint density at radius 1 is 1.16 bits per heavy atom. The molecule has 0 unspecified atom stereocenters. The van der Waals surface area contributed by atoms with Crippen molar-refractivity contribution in [1.82, 2.24) is 5.32 Å². The lowest BCUT2D eigenvalue weighted by Crippen LogP contribution is -2.16. The average Bonchev–Trinajstić information content (AvgIpc) is 2.71. The third-order valence-corrected chi connectivity index (χ3v) is 4.73. The van der Waals surface area contributed by atoms with E-state index in [2.05, 4.69) is 35.6 Å². The van der Waals surface area contributed by atoms with Gasteiger partial charge in [0.15, 0.2) is 0 Å². The Bertz CT molecular complexity index is 521. The van der Waals surface area contributed by atoms with E-state index >= 15 is 0 Å². The van der Waals surface area contributed by atoms with Crippen LogP contribution in [-0.2, 0) is 12.8 Å². The molecule has 0 atom stereocenters. The first kappa shape index (κ1) is 12.7. The molecule has 1 aromatic heterocycles. The van der Waals surface area contributed by atoms with Crippen molar-refractivity contribution in [1.29, 1.82) is 0 Å². The largest absolute Gasteiger partial charge is 0.494 e. The summed E-state index contributed by atoms with van der Waals surface area (Å²) in [5.74, 6) is 0.952. The zero-order chi connectivity index (χ0) is 13.1. The molecule has 0 bridgehead atoms. The van der Waals surface area contributed by atoms with E-state index in [-0.39, 0.29) is 0 Å². The van der Waals surface area contributed by atoms with Crippen molar-refractivity contribution in [2.24, 2.45) is 0 Å². The third-order valence-electron chi connectivity index (χ3n) is 3.45. The molecule has 0 fully saturated rings. The highest BCUT2D eigenvalue weighted by Crippen LogP contribution is 2.33. The van der Waals surface area contributed by atoms with E-state index in [1.807, 2.05) is 18.3 Å². The van der Waals surface area contributed by atoms with Gasteiger partial charge < -0.3 is 10.1 Å². The number of hydrogen-bond donors (Lipinski definition) is 1. The topological polar surface area (TPSA) is 21.3 Å². The average molecular weight is 273 g/mol. The third kappa shape index (κ3) is 2.82. The molecule has 1 aliphatic heterocycles. The van der Waals surface area contributed by atoms with Crippen LogP contribution in [0.15, 0.2) is 30.3 Å². The minimum atomic E-state index is 0.722. The van der Waals surface area contributed by atoms with Crippen LogP contribution < -0.4 is 10.1 Å². The Balaban J connectivity index is 1.85. The molecule has 0 saturated carbocycles. The number of ether oxygens (including phenoxy) is 1. The quantitative estimate of drug-likeness (QED) is 0.924. The van der Waals surface area contributed by atoms with Gasteiger partial charge in [0.1, 0.15) is 5.75 Å². The second-order valence-electron chi connectivity index (χ2n) is 4.77. The highest BCUT2D eigenvalue weighted by atomic mass is 32.1. The summed E-state index contributed by atoms with van der Waals surface area (Å²) in [5, 5.41) is 3.45. The predicted octanol–water partition coefficient (Wildman–Crippen LogP) is 3.50. The molecule has 0 amide bonds. The van der Waals surface area contributed by atoms with Crippen molar-refractivity contribution >= 4 is 11.3 Å². The molecule has 0 saturated heterocycles. The molecular formula is C16H19NOS. The second kappa shape index (κ2) is 5.76. The van der Waals surface area contributed by atoms with Crippen molar-refractivity contribution in [2.45, 2.75) is 19.8 Å². The standard InChI is InChI=1S/C16H19NOS/c1-2-18-14-5-3-12(4-6-14)16-11-13-7-9-17-10-8-15(13)19-16/h3-6,11,17H,2,7-10H2,1H3. The zero-order valence-corrected chi connectivity index (χ0v) is 12.1. The lowest BCUT2D eigenvalue weighted by Gasteiger charge is -2.03. The van der Waals surface area contributed by atoms with Crippen molar-refractivity contribution in [2.75, 3.05) is 19.7 Å². The molecule has 0 radical (unpaired) electrons. The summed E-state index contributed by atoms with van der Waals surface area (Å²) in [7, 11) is 0. The Morgan fingerprint density at radius 3 is 2.74 bits per heavy atom. The van der Waals surface area contributed by atoms with Gasteiger partial charge in [-0.2, -0.15) is 0 Å².